The molecule has 0 spiro atoms. The highest BCUT2D eigenvalue weighted by Gasteiger charge is 2.31. The first-order valence-electron chi connectivity index (χ1n) is 53.8. The Morgan fingerprint density at radius 1 is 0.155 bits per heavy atom. The topological polar surface area (TPSA) is 32.3 Å². The molecule has 2 nitrogen and oxygen atoms in total. The van der Waals surface area contributed by atoms with Crippen LogP contribution < -0.4 is 4.89 Å². The highest BCUT2D eigenvalue weighted by molar-refractivity contribution is 7.96. The van der Waals surface area contributed by atoms with Crippen molar-refractivity contribution in [3.8, 4) is 156 Å². The zero-order chi connectivity index (χ0) is 102. The number of hydrogen-bond acceptors (Lipinski definition) is 3. The molecule has 0 saturated carbocycles. The van der Waals surface area contributed by atoms with Gasteiger partial charge in [-0.3, -0.25) is 0 Å². The number of nitrogens with one attached hydrogen (secondary N) is 1. The van der Waals surface area contributed by atoms with Gasteiger partial charge in [-0.2, -0.15) is 0 Å². The van der Waals surface area contributed by atoms with Crippen molar-refractivity contribution >= 4 is 11.9 Å². The van der Waals surface area contributed by atoms with Gasteiger partial charge in [-0.05, 0) is 454 Å². The fraction of sp³-hybridized carbons (Fsp3) is 0.353. The monoisotopic (exact) mass is 1890 g/mol. The zero-order valence-electron chi connectivity index (χ0n) is 91.8. The van der Waals surface area contributed by atoms with Crippen LogP contribution in [0.3, 0.4) is 0 Å². The molecule has 0 aliphatic heterocycles. The Morgan fingerprint density at radius 2 is 0.261 bits per heavy atom. The van der Waals surface area contributed by atoms with E-state index in [0.29, 0.717) is 5.75 Å². The third-order valence-corrected chi connectivity index (χ3v) is 30.9. The van der Waals surface area contributed by atoms with Gasteiger partial charge in [0.15, 0.2) is 0 Å². The molecule has 0 saturated heterocycles. The molecule has 0 fully saturated rings. The van der Waals surface area contributed by atoms with Crippen molar-refractivity contribution in [1.82, 2.24) is 4.89 Å². The van der Waals surface area contributed by atoms with Gasteiger partial charge in [0.2, 0.25) is 0 Å². The summed E-state index contributed by atoms with van der Waals surface area (Å²) in [6.07, 6.45) is 0. The summed E-state index contributed by atoms with van der Waals surface area (Å²) in [5, 5.41) is 11.6. The number of hydrogen-bond donors (Lipinski definition) is 2. The van der Waals surface area contributed by atoms with Crippen LogP contribution >= 0.6 is 11.9 Å². The van der Waals surface area contributed by atoms with Crippen LogP contribution in [0, 0.1) is 0 Å². The standard InChI is InChI=1S/C139H161NOS/c1-79(2)113-42-33-43-114(80(3)4)132(113)105-66-99(67-106(74-105)133-115(81(5)6)44-34-45-116(133)82(7)8)95-60-96(100-68-107(134-117(83(9)10)46-35-47-118(134)84(11)12)75-108(69-100)135-119(85(13)14)48-36-49-120(135)86(15)16)63-103(62-95)129-58-41-59-130(131(129)78-142-140-141)104-64-97(101-70-109(136-121(87(17)18)50-37-51-122(136)88(19)20)76-110(71-101)137-123(89(21)22)52-38-53-124(137)90(23)24)61-98(65-104)102-72-111(138-125(91(25)26)54-39-55-126(138)92(27)28)77-112(73-102)139-127(93(29)30)56-40-57-128(139)94(31)32/h33-77,79-94,140-141H,78H2,1-32H3. The summed E-state index contributed by atoms with van der Waals surface area (Å²) in [7, 11) is 0. The molecule has 0 aliphatic rings. The maximum Gasteiger partial charge on any atom is 0.0363 e. The summed E-state index contributed by atoms with van der Waals surface area (Å²) >= 11 is 1.34. The first-order chi connectivity index (χ1) is 67.6. The SMILES string of the molecule is CC(C)c1cccc(C(C)C)c1-c1cc(-c2cc(-c3cc(-c4c(C(C)C)cccc4C(C)C)cc(-c4c(C(C)C)cccc4C(C)C)c3)cc(-c3cccc(-c4cc(-c5cc(-c6c(C(C)C)cccc6C(C)C)cc(-c6c(C(C)C)cccc6C(C)C)c5)cc(-c5cc(-c6c(C(C)C)cccc6C(C)C)cc(-c6c(C(C)C)cccc6C(C)C)c5)c4)c3CSNO)c2)cc(-c2c(C(C)C)cccc2C(C)C)c1. The maximum absolute atomic E-state index is 11.6. The van der Waals surface area contributed by atoms with Crippen LogP contribution in [-0.4, -0.2) is 5.21 Å². The van der Waals surface area contributed by atoms with Gasteiger partial charge in [-0.1, -0.05) is 397 Å². The van der Waals surface area contributed by atoms with Crippen LogP contribution in [0.5, 0.6) is 0 Å². The lowest BCUT2D eigenvalue weighted by Gasteiger charge is -2.25. The van der Waals surface area contributed by atoms with Crippen LogP contribution in [-0.2, 0) is 5.75 Å². The van der Waals surface area contributed by atoms with E-state index in [2.05, 4.69) is 499 Å². The lowest BCUT2D eigenvalue weighted by atomic mass is 9.79. The maximum atomic E-state index is 11.6. The van der Waals surface area contributed by atoms with Crippen molar-refractivity contribution in [1.29, 1.82) is 0 Å². The Labute approximate surface area is 861 Å². The van der Waals surface area contributed by atoms with E-state index in [1.54, 1.807) is 0 Å². The Hall–Kier alpha value is -11.4. The van der Waals surface area contributed by atoms with E-state index in [0.717, 1.165) is 72.3 Å². The highest BCUT2D eigenvalue weighted by atomic mass is 32.2. The highest BCUT2D eigenvalue weighted by Crippen LogP contribution is 2.54. The molecule has 0 unspecified atom stereocenters. The predicted molar refractivity (Wildman–Crippen MR) is 624 cm³/mol. The smallest absolute Gasteiger partial charge is 0.0363 e. The van der Waals surface area contributed by atoms with E-state index in [9.17, 15) is 5.21 Å². The lowest BCUT2D eigenvalue weighted by Crippen LogP contribution is -2.03. The van der Waals surface area contributed by atoms with Crippen LogP contribution in [0.1, 0.15) is 411 Å². The summed E-state index contributed by atoms with van der Waals surface area (Å²) in [4.78, 5) is 2.71. The van der Waals surface area contributed by atoms with Gasteiger partial charge in [0.1, 0.15) is 0 Å². The Bertz CT molecular complexity index is 5750. The first-order valence-corrected chi connectivity index (χ1v) is 54.7. The summed E-state index contributed by atoms with van der Waals surface area (Å²) in [6, 6.07) is 110. The second-order valence-electron chi connectivity index (χ2n) is 46.0. The van der Waals surface area contributed by atoms with Crippen LogP contribution in [0.2, 0.25) is 0 Å². The molecule has 3 heteroatoms. The van der Waals surface area contributed by atoms with Crippen molar-refractivity contribution in [3.63, 3.8) is 0 Å². The third-order valence-electron chi connectivity index (χ3n) is 30.3. The van der Waals surface area contributed by atoms with E-state index in [-0.39, 0.29) is 94.7 Å². The molecular weight excluding hydrogens is 1730 g/mol. The molecule has 0 heterocycles. The van der Waals surface area contributed by atoms with Gasteiger partial charge in [0, 0.05) is 5.75 Å². The second-order valence-corrected chi connectivity index (χ2v) is 46.7. The van der Waals surface area contributed by atoms with Gasteiger partial charge in [0.05, 0.1) is 0 Å². The average Bonchev–Trinajstić information content (AvgIpc) is 0.841. The molecule has 0 aromatic heterocycles. The van der Waals surface area contributed by atoms with Crippen LogP contribution in [0.4, 0.5) is 0 Å². The van der Waals surface area contributed by atoms with E-state index in [1.807, 2.05) is 0 Å². The quantitative estimate of drug-likeness (QED) is 0.0318. The Morgan fingerprint density at radius 3 is 0.380 bits per heavy atom. The van der Waals surface area contributed by atoms with Crippen LogP contribution in [0.25, 0.3) is 156 Å². The minimum Gasteiger partial charge on any atom is -0.306 e. The minimum absolute atomic E-state index is 0.255. The van der Waals surface area contributed by atoms with Crippen molar-refractivity contribution in [2.45, 2.75) is 322 Å². The molecule has 15 aromatic rings. The van der Waals surface area contributed by atoms with Crippen molar-refractivity contribution in [3.05, 3.63) is 368 Å². The predicted octanol–water partition coefficient (Wildman–Crippen LogP) is 43.1. The van der Waals surface area contributed by atoms with Gasteiger partial charge in [-0.25, -0.2) is 0 Å². The Balaban J connectivity index is 1.14. The van der Waals surface area contributed by atoms with Crippen molar-refractivity contribution in [2.24, 2.45) is 0 Å². The Kier molecular flexibility index (Phi) is 32.8. The van der Waals surface area contributed by atoms with E-state index < -0.39 is 0 Å². The number of rotatable bonds is 33. The summed E-state index contributed by atoms with van der Waals surface area (Å²) < 4.78 is 0. The third kappa shape index (κ3) is 21.7. The lowest BCUT2D eigenvalue weighted by molar-refractivity contribution is 0.258. The molecule has 0 atom stereocenters. The first kappa shape index (κ1) is 105. The minimum atomic E-state index is 0.255. The van der Waals surface area contributed by atoms with Gasteiger partial charge in [-0.15, -0.1) is 4.89 Å². The molecule has 0 amide bonds. The fourth-order valence-electron chi connectivity index (χ4n) is 23.0. The van der Waals surface area contributed by atoms with Crippen molar-refractivity contribution < 1.29 is 5.21 Å². The van der Waals surface area contributed by atoms with E-state index in [1.165, 1.54) is 190 Å². The molecule has 15 aromatic carbocycles. The molecule has 0 bridgehead atoms. The molecular formula is C139H161NOS. The molecule has 0 aliphatic carbocycles. The van der Waals surface area contributed by atoms with Gasteiger partial charge >= 0.3 is 0 Å². The second kappa shape index (κ2) is 44.4. The molecule has 142 heavy (non-hydrogen) atoms. The fourth-order valence-corrected chi connectivity index (χ4v) is 23.5. The van der Waals surface area contributed by atoms with Crippen molar-refractivity contribution in [2.75, 3.05) is 0 Å². The largest absolute Gasteiger partial charge is 0.306 e. The average molecular weight is 1890 g/mol. The molecule has 15 rings (SSSR count). The molecule has 0 radical (unpaired) electrons. The van der Waals surface area contributed by atoms with Gasteiger partial charge < -0.3 is 5.21 Å². The van der Waals surface area contributed by atoms with Gasteiger partial charge in [0.25, 0.3) is 0 Å². The number of benzene rings is 15. The summed E-state index contributed by atoms with van der Waals surface area (Å²) in [6.45, 7) is 75.9. The summed E-state index contributed by atoms with van der Waals surface area (Å²) in [5.74, 6) is 4.49. The normalized spacial score (nSPS) is 12.2. The molecule has 734 valence electrons. The summed E-state index contributed by atoms with van der Waals surface area (Å²) in [5.41, 5.74) is 56.6. The van der Waals surface area contributed by atoms with Crippen LogP contribution in [0.15, 0.2) is 273 Å². The molecule has 2 N–H and O–H groups in total. The van der Waals surface area contributed by atoms with E-state index >= 15 is 0 Å². The zero-order valence-corrected chi connectivity index (χ0v) is 92.6. The van der Waals surface area contributed by atoms with E-state index in [4.69, 9.17) is 0 Å².